The summed E-state index contributed by atoms with van der Waals surface area (Å²) in [5.41, 5.74) is 6.50. The standard InChI is InChI=1S/C15H17Cl2FN6/c1-7-5-24(6-8(2)20-7)15-21-14(19)13(22-23-15)10-3-9(18)4-11(16)12(10)17/h3-4,7-8,20H,5-6H2,1-2H3,(H2,19,21,23). The van der Waals surface area contributed by atoms with E-state index in [1.165, 1.54) is 6.07 Å². The summed E-state index contributed by atoms with van der Waals surface area (Å²) in [4.78, 5) is 6.33. The zero-order chi connectivity index (χ0) is 17.4. The quantitative estimate of drug-likeness (QED) is 0.791. The number of aromatic nitrogens is 3. The van der Waals surface area contributed by atoms with Crippen molar-refractivity contribution in [1.29, 1.82) is 0 Å². The molecule has 1 saturated heterocycles. The van der Waals surface area contributed by atoms with Crippen LogP contribution in [0.1, 0.15) is 13.8 Å². The molecule has 2 unspecified atom stereocenters. The second-order valence-corrected chi connectivity index (χ2v) is 6.75. The van der Waals surface area contributed by atoms with E-state index in [4.69, 9.17) is 28.9 Å². The molecule has 24 heavy (non-hydrogen) atoms. The fourth-order valence-electron chi connectivity index (χ4n) is 2.87. The number of anilines is 2. The Hall–Kier alpha value is -1.70. The van der Waals surface area contributed by atoms with Crippen molar-refractivity contribution in [1.82, 2.24) is 20.5 Å². The van der Waals surface area contributed by atoms with Gasteiger partial charge in [-0.1, -0.05) is 23.2 Å². The smallest absolute Gasteiger partial charge is 0.247 e. The predicted molar refractivity (Wildman–Crippen MR) is 93.9 cm³/mol. The molecule has 0 bridgehead atoms. The molecule has 0 saturated carbocycles. The molecular formula is C15H17Cl2FN6. The molecule has 6 nitrogen and oxygen atoms in total. The summed E-state index contributed by atoms with van der Waals surface area (Å²) in [5, 5.41) is 11.9. The minimum Gasteiger partial charge on any atom is -0.382 e. The number of nitrogens with two attached hydrogens (primary N) is 1. The number of halogens is 3. The summed E-state index contributed by atoms with van der Waals surface area (Å²) < 4.78 is 13.6. The SMILES string of the molecule is CC1CN(c2nnc(-c3cc(F)cc(Cl)c3Cl)c(N)n2)CC(C)N1. The molecule has 0 spiro atoms. The maximum Gasteiger partial charge on any atom is 0.247 e. The van der Waals surface area contributed by atoms with Gasteiger partial charge >= 0.3 is 0 Å². The van der Waals surface area contributed by atoms with Crippen LogP contribution in [0.25, 0.3) is 11.3 Å². The molecule has 1 aromatic heterocycles. The molecule has 128 valence electrons. The average Bonchev–Trinajstić information content (AvgIpc) is 2.50. The molecule has 1 aliphatic heterocycles. The number of benzene rings is 1. The number of nitrogens with zero attached hydrogens (tertiary/aromatic N) is 4. The Morgan fingerprint density at radius 2 is 1.88 bits per heavy atom. The molecule has 0 radical (unpaired) electrons. The van der Waals surface area contributed by atoms with Crippen molar-refractivity contribution in [3.05, 3.63) is 28.0 Å². The van der Waals surface area contributed by atoms with Gasteiger partial charge in [-0.25, -0.2) is 4.39 Å². The number of hydrogen-bond donors (Lipinski definition) is 2. The van der Waals surface area contributed by atoms with E-state index in [0.717, 1.165) is 19.2 Å². The van der Waals surface area contributed by atoms with Gasteiger partial charge in [-0.2, -0.15) is 4.98 Å². The van der Waals surface area contributed by atoms with Crippen LogP contribution in [-0.4, -0.2) is 40.4 Å². The molecule has 3 N–H and O–H groups in total. The highest BCUT2D eigenvalue weighted by Crippen LogP contribution is 2.35. The number of nitrogens with one attached hydrogen (secondary N) is 1. The topological polar surface area (TPSA) is 80.0 Å². The minimum absolute atomic E-state index is 0.0849. The van der Waals surface area contributed by atoms with Gasteiger partial charge in [0.15, 0.2) is 5.82 Å². The molecule has 1 aromatic carbocycles. The second-order valence-electron chi connectivity index (χ2n) is 5.97. The zero-order valence-electron chi connectivity index (χ0n) is 13.2. The fourth-order valence-corrected chi connectivity index (χ4v) is 3.28. The van der Waals surface area contributed by atoms with E-state index in [1.807, 2.05) is 4.90 Å². The summed E-state index contributed by atoms with van der Waals surface area (Å²) in [6.07, 6.45) is 0. The average molecular weight is 371 g/mol. The Labute approximate surface area is 149 Å². The van der Waals surface area contributed by atoms with Crippen LogP contribution in [0.4, 0.5) is 16.2 Å². The van der Waals surface area contributed by atoms with Crippen LogP contribution in [0.15, 0.2) is 12.1 Å². The first-order valence-electron chi connectivity index (χ1n) is 7.51. The van der Waals surface area contributed by atoms with E-state index in [9.17, 15) is 4.39 Å². The van der Waals surface area contributed by atoms with Gasteiger partial charge in [0.25, 0.3) is 0 Å². The summed E-state index contributed by atoms with van der Waals surface area (Å²) >= 11 is 12.0. The molecule has 1 fully saturated rings. The second kappa shape index (κ2) is 6.66. The van der Waals surface area contributed by atoms with Crippen molar-refractivity contribution < 1.29 is 4.39 Å². The van der Waals surface area contributed by atoms with E-state index in [1.54, 1.807) is 0 Å². The summed E-state index contributed by atoms with van der Waals surface area (Å²) in [6, 6.07) is 2.94. The van der Waals surface area contributed by atoms with Crippen molar-refractivity contribution in [2.75, 3.05) is 23.7 Å². The lowest BCUT2D eigenvalue weighted by Crippen LogP contribution is -2.54. The van der Waals surface area contributed by atoms with E-state index in [2.05, 4.69) is 34.3 Å². The molecule has 9 heteroatoms. The van der Waals surface area contributed by atoms with Crippen molar-refractivity contribution in [2.24, 2.45) is 0 Å². The van der Waals surface area contributed by atoms with Gasteiger partial charge in [0.1, 0.15) is 11.5 Å². The minimum atomic E-state index is -0.533. The first-order valence-corrected chi connectivity index (χ1v) is 8.27. The first kappa shape index (κ1) is 17.1. The van der Waals surface area contributed by atoms with Crippen LogP contribution < -0.4 is 16.0 Å². The lowest BCUT2D eigenvalue weighted by atomic mass is 10.1. The van der Waals surface area contributed by atoms with Gasteiger partial charge in [-0.15, -0.1) is 10.2 Å². The third-order valence-electron chi connectivity index (χ3n) is 3.79. The summed E-state index contributed by atoms with van der Waals surface area (Å²) in [6.45, 7) is 5.67. The van der Waals surface area contributed by atoms with Crippen molar-refractivity contribution in [3.8, 4) is 11.3 Å². The molecule has 0 amide bonds. The van der Waals surface area contributed by atoms with Crippen molar-refractivity contribution >= 4 is 35.0 Å². The molecule has 2 aromatic rings. The van der Waals surface area contributed by atoms with E-state index < -0.39 is 5.82 Å². The van der Waals surface area contributed by atoms with Gasteiger partial charge in [0.2, 0.25) is 5.95 Å². The predicted octanol–water partition coefficient (Wildman–Crippen LogP) is 2.75. The number of hydrogen-bond acceptors (Lipinski definition) is 6. The lowest BCUT2D eigenvalue weighted by Gasteiger charge is -2.35. The highest BCUT2D eigenvalue weighted by molar-refractivity contribution is 6.43. The van der Waals surface area contributed by atoms with Crippen LogP contribution in [0.3, 0.4) is 0 Å². The highest BCUT2D eigenvalue weighted by atomic mass is 35.5. The van der Waals surface area contributed by atoms with E-state index in [0.29, 0.717) is 18.0 Å². The van der Waals surface area contributed by atoms with Gasteiger partial charge in [-0.05, 0) is 26.0 Å². The van der Waals surface area contributed by atoms with Gasteiger partial charge < -0.3 is 16.0 Å². The van der Waals surface area contributed by atoms with Crippen LogP contribution in [0.5, 0.6) is 0 Å². The Balaban J connectivity index is 1.96. The van der Waals surface area contributed by atoms with Crippen molar-refractivity contribution in [2.45, 2.75) is 25.9 Å². The Morgan fingerprint density at radius 1 is 1.21 bits per heavy atom. The number of piperazine rings is 1. The van der Waals surface area contributed by atoms with Crippen LogP contribution in [0, 0.1) is 5.82 Å². The zero-order valence-corrected chi connectivity index (χ0v) is 14.7. The number of rotatable bonds is 2. The Morgan fingerprint density at radius 3 is 2.50 bits per heavy atom. The lowest BCUT2D eigenvalue weighted by molar-refractivity contribution is 0.402. The maximum atomic E-state index is 13.6. The molecule has 3 rings (SSSR count). The van der Waals surface area contributed by atoms with Crippen LogP contribution in [0.2, 0.25) is 10.0 Å². The van der Waals surface area contributed by atoms with E-state index >= 15 is 0 Å². The van der Waals surface area contributed by atoms with E-state index in [-0.39, 0.29) is 27.1 Å². The monoisotopic (exact) mass is 370 g/mol. The number of nitrogen functional groups attached to an aromatic ring is 1. The Kier molecular flexibility index (Phi) is 4.76. The molecule has 2 heterocycles. The summed E-state index contributed by atoms with van der Waals surface area (Å²) in [7, 11) is 0. The fraction of sp³-hybridized carbons (Fsp3) is 0.400. The maximum absolute atomic E-state index is 13.6. The largest absolute Gasteiger partial charge is 0.382 e. The molecule has 2 atom stereocenters. The summed E-state index contributed by atoms with van der Waals surface area (Å²) in [5.74, 6) is 0.0342. The van der Waals surface area contributed by atoms with Crippen molar-refractivity contribution in [3.63, 3.8) is 0 Å². The molecule has 1 aliphatic rings. The van der Waals surface area contributed by atoms with Crippen LogP contribution in [-0.2, 0) is 0 Å². The third kappa shape index (κ3) is 3.38. The van der Waals surface area contributed by atoms with Gasteiger partial charge in [0.05, 0.1) is 10.0 Å². The van der Waals surface area contributed by atoms with Crippen LogP contribution >= 0.6 is 23.2 Å². The molecule has 0 aliphatic carbocycles. The normalized spacial score (nSPS) is 21.1. The highest BCUT2D eigenvalue weighted by Gasteiger charge is 2.24. The van der Waals surface area contributed by atoms with Gasteiger partial charge in [0, 0.05) is 30.7 Å². The third-order valence-corrected chi connectivity index (χ3v) is 4.59. The van der Waals surface area contributed by atoms with Gasteiger partial charge in [-0.3, -0.25) is 0 Å². The first-order chi connectivity index (χ1) is 11.3. The Bertz CT molecular complexity index is 762. The molecular weight excluding hydrogens is 354 g/mol.